The van der Waals surface area contributed by atoms with Crippen molar-refractivity contribution >= 4 is 11.8 Å². The molecule has 0 aliphatic heterocycles. The maximum Gasteiger partial charge on any atom is 0.231 e. The molecule has 96 valence electrons. The first kappa shape index (κ1) is 13.7. The zero-order valence-corrected chi connectivity index (χ0v) is 10.9. The number of aromatic nitrogens is 1. The van der Waals surface area contributed by atoms with Crippen LogP contribution in [-0.2, 0) is 10.2 Å². The third-order valence-electron chi connectivity index (χ3n) is 2.99. The molecule has 0 aromatic carbocycles. The van der Waals surface area contributed by atoms with E-state index < -0.39 is 11.5 Å². The summed E-state index contributed by atoms with van der Waals surface area (Å²) in [5.41, 5.74) is 0.108. The number of amides is 1. The second kappa shape index (κ2) is 4.87. The van der Waals surface area contributed by atoms with Gasteiger partial charge in [0.05, 0.1) is 11.8 Å². The highest BCUT2D eigenvalue weighted by molar-refractivity contribution is 5.90. The van der Waals surface area contributed by atoms with Crippen molar-refractivity contribution < 1.29 is 14.4 Å². The Morgan fingerprint density at radius 1 is 1.47 bits per heavy atom. The summed E-state index contributed by atoms with van der Waals surface area (Å²) in [5, 5.41) is 16.1. The lowest BCUT2D eigenvalue weighted by Crippen LogP contribution is -2.31. The number of anilines is 1. The van der Waals surface area contributed by atoms with Gasteiger partial charge in [-0.1, -0.05) is 32.9 Å². The lowest BCUT2D eigenvalue weighted by molar-refractivity contribution is -0.119. The molecule has 1 aromatic heterocycles. The molecule has 1 atom stereocenters. The molecule has 2 N–H and O–H groups in total. The second-order valence-corrected chi connectivity index (χ2v) is 5.12. The third kappa shape index (κ3) is 3.06. The second-order valence-electron chi connectivity index (χ2n) is 5.12. The van der Waals surface area contributed by atoms with Crippen molar-refractivity contribution in [2.75, 3.05) is 5.32 Å². The molecule has 1 heterocycles. The van der Waals surface area contributed by atoms with Gasteiger partial charge in [0.2, 0.25) is 11.8 Å². The highest BCUT2D eigenvalue weighted by atomic mass is 16.5. The van der Waals surface area contributed by atoms with Crippen LogP contribution in [0.4, 0.5) is 5.88 Å². The monoisotopic (exact) mass is 240 g/mol. The van der Waals surface area contributed by atoms with Crippen LogP contribution in [0.2, 0.25) is 0 Å². The van der Waals surface area contributed by atoms with E-state index in [1.807, 2.05) is 13.8 Å². The fourth-order valence-electron chi connectivity index (χ4n) is 1.12. The van der Waals surface area contributed by atoms with Crippen LogP contribution in [0.25, 0.3) is 0 Å². The number of rotatable bonds is 4. The average molecular weight is 240 g/mol. The Hall–Kier alpha value is -1.36. The quantitative estimate of drug-likeness (QED) is 0.843. The number of hydrogen-bond donors (Lipinski definition) is 2. The predicted octanol–water partition coefficient (Wildman–Crippen LogP) is 1.93. The summed E-state index contributed by atoms with van der Waals surface area (Å²) in [6.07, 6.45) is -0.554. The van der Waals surface area contributed by atoms with E-state index in [2.05, 4.69) is 10.5 Å². The molecule has 0 spiro atoms. The van der Waals surface area contributed by atoms with E-state index in [4.69, 9.17) is 4.52 Å². The van der Waals surface area contributed by atoms with Crippen molar-refractivity contribution in [3.8, 4) is 0 Å². The molecule has 0 radical (unpaired) electrons. The highest BCUT2D eigenvalue weighted by Gasteiger charge is 2.30. The van der Waals surface area contributed by atoms with E-state index in [9.17, 15) is 9.90 Å². The van der Waals surface area contributed by atoms with Gasteiger partial charge in [-0.15, -0.1) is 0 Å². The van der Waals surface area contributed by atoms with Crippen LogP contribution in [0.3, 0.4) is 0 Å². The Bertz CT molecular complexity index is 394. The average Bonchev–Trinajstić information content (AvgIpc) is 2.66. The smallest absolute Gasteiger partial charge is 0.231 e. The van der Waals surface area contributed by atoms with E-state index in [1.165, 1.54) is 0 Å². The van der Waals surface area contributed by atoms with E-state index >= 15 is 0 Å². The Balaban J connectivity index is 2.82. The largest absolute Gasteiger partial charge is 0.392 e. The van der Waals surface area contributed by atoms with Crippen molar-refractivity contribution in [1.82, 2.24) is 5.16 Å². The lowest BCUT2D eigenvalue weighted by Gasteiger charge is -2.24. The van der Waals surface area contributed by atoms with Crippen LogP contribution in [0.1, 0.15) is 40.3 Å². The van der Waals surface area contributed by atoms with Gasteiger partial charge in [-0.05, 0) is 6.92 Å². The molecular weight excluding hydrogens is 220 g/mol. The SMILES string of the molecule is CC(C)C(=O)Nc1cc(C(C)(C)[C@H](C)O)no1. The first-order valence-corrected chi connectivity index (χ1v) is 5.71. The molecule has 0 unspecified atom stereocenters. The number of nitrogens with one attached hydrogen (secondary N) is 1. The number of aliphatic hydroxyl groups excluding tert-OH is 1. The van der Waals surface area contributed by atoms with Gasteiger partial charge in [0.25, 0.3) is 0 Å². The molecule has 17 heavy (non-hydrogen) atoms. The van der Waals surface area contributed by atoms with Crippen molar-refractivity contribution in [1.29, 1.82) is 0 Å². The molecule has 1 amide bonds. The van der Waals surface area contributed by atoms with Crippen LogP contribution in [-0.4, -0.2) is 22.3 Å². The predicted molar refractivity (Wildman–Crippen MR) is 64.7 cm³/mol. The molecular formula is C12H20N2O3. The van der Waals surface area contributed by atoms with E-state index in [1.54, 1.807) is 26.8 Å². The van der Waals surface area contributed by atoms with Crippen LogP contribution in [0.5, 0.6) is 0 Å². The van der Waals surface area contributed by atoms with Crippen molar-refractivity contribution in [2.24, 2.45) is 5.92 Å². The Morgan fingerprint density at radius 3 is 2.53 bits per heavy atom. The van der Waals surface area contributed by atoms with Crippen LogP contribution in [0, 0.1) is 5.92 Å². The lowest BCUT2D eigenvalue weighted by atomic mass is 9.84. The van der Waals surface area contributed by atoms with E-state index in [0.717, 1.165) is 0 Å². The van der Waals surface area contributed by atoms with Gasteiger partial charge in [0, 0.05) is 17.4 Å². The Morgan fingerprint density at radius 2 is 2.06 bits per heavy atom. The minimum atomic E-state index is -0.554. The first-order valence-electron chi connectivity index (χ1n) is 5.71. The van der Waals surface area contributed by atoms with Crippen LogP contribution in [0.15, 0.2) is 10.6 Å². The normalized spacial score (nSPS) is 13.8. The number of aliphatic hydroxyl groups is 1. The number of nitrogens with zero attached hydrogens (tertiary/aromatic N) is 1. The Labute approximate surface area is 101 Å². The van der Waals surface area contributed by atoms with E-state index in [-0.39, 0.29) is 11.8 Å². The first-order chi connectivity index (χ1) is 7.75. The molecule has 0 saturated heterocycles. The summed E-state index contributed by atoms with van der Waals surface area (Å²) in [6.45, 7) is 9.02. The molecule has 0 bridgehead atoms. The van der Waals surface area contributed by atoms with Crippen molar-refractivity contribution in [3.63, 3.8) is 0 Å². The van der Waals surface area contributed by atoms with Crippen molar-refractivity contribution in [3.05, 3.63) is 11.8 Å². The minimum absolute atomic E-state index is 0.117. The fourth-order valence-corrected chi connectivity index (χ4v) is 1.12. The summed E-state index contributed by atoms with van der Waals surface area (Å²) in [4.78, 5) is 11.5. The van der Waals surface area contributed by atoms with Crippen LogP contribution < -0.4 is 5.32 Å². The summed E-state index contributed by atoms with van der Waals surface area (Å²) in [7, 11) is 0. The maximum atomic E-state index is 11.5. The molecule has 5 heteroatoms. The van der Waals surface area contributed by atoms with Gasteiger partial charge in [-0.2, -0.15) is 0 Å². The summed E-state index contributed by atoms with van der Waals surface area (Å²) >= 11 is 0. The molecule has 0 aliphatic rings. The van der Waals surface area contributed by atoms with Gasteiger partial charge < -0.3 is 9.63 Å². The van der Waals surface area contributed by atoms with Crippen LogP contribution >= 0.6 is 0 Å². The van der Waals surface area contributed by atoms with Gasteiger partial charge in [0.1, 0.15) is 0 Å². The third-order valence-corrected chi connectivity index (χ3v) is 2.99. The summed E-state index contributed by atoms with van der Waals surface area (Å²) < 4.78 is 5.03. The molecule has 1 rings (SSSR count). The summed E-state index contributed by atoms with van der Waals surface area (Å²) in [6, 6.07) is 1.65. The molecule has 0 aliphatic carbocycles. The van der Waals surface area contributed by atoms with Gasteiger partial charge in [-0.3, -0.25) is 10.1 Å². The highest BCUT2D eigenvalue weighted by Crippen LogP contribution is 2.28. The number of hydrogen-bond acceptors (Lipinski definition) is 4. The molecule has 5 nitrogen and oxygen atoms in total. The zero-order valence-electron chi connectivity index (χ0n) is 10.9. The molecule has 0 fully saturated rings. The standard InChI is InChI=1S/C12H20N2O3/c1-7(2)11(16)13-10-6-9(14-17-10)12(4,5)8(3)15/h6-8,15H,1-5H3,(H,13,16)/t8-/m0/s1. The van der Waals surface area contributed by atoms with Gasteiger partial charge in [-0.25, -0.2) is 0 Å². The topological polar surface area (TPSA) is 75.4 Å². The maximum absolute atomic E-state index is 11.5. The minimum Gasteiger partial charge on any atom is -0.392 e. The summed E-state index contributed by atoms with van der Waals surface area (Å²) in [5.74, 6) is 0.0725. The van der Waals surface area contributed by atoms with E-state index in [0.29, 0.717) is 11.6 Å². The zero-order chi connectivity index (χ0) is 13.2. The molecule has 0 saturated carbocycles. The Kier molecular flexibility index (Phi) is 3.93. The van der Waals surface area contributed by atoms with Crippen molar-refractivity contribution in [2.45, 2.75) is 46.1 Å². The van der Waals surface area contributed by atoms with Gasteiger partial charge >= 0.3 is 0 Å². The number of carbonyl (C=O) groups is 1. The number of carbonyl (C=O) groups excluding carboxylic acids is 1. The molecule has 1 aromatic rings. The fraction of sp³-hybridized carbons (Fsp3) is 0.667. The van der Waals surface area contributed by atoms with Gasteiger partial charge in [0.15, 0.2) is 0 Å².